The van der Waals surface area contributed by atoms with Crippen LogP contribution in [0.1, 0.15) is 41.5 Å². The molecule has 1 aliphatic rings. The number of hydrogen-bond acceptors (Lipinski definition) is 2. The quantitative estimate of drug-likeness (QED) is 0.925. The Morgan fingerprint density at radius 1 is 1.35 bits per heavy atom. The van der Waals surface area contributed by atoms with Crippen LogP contribution in [0, 0.1) is 19.8 Å². The fraction of sp³-hybridized carbons (Fsp3) is 0.688. The number of aromatic nitrogens is 1. The summed E-state index contributed by atoms with van der Waals surface area (Å²) in [6.45, 7) is 7.06. The van der Waals surface area contributed by atoms with Gasteiger partial charge in [-0.3, -0.25) is 4.79 Å². The van der Waals surface area contributed by atoms with Crippen LogP contribution >= 0.6 is 0 Å². The largest absolute Gasteiger partial charge is 0.414 e. The van der Waals surface area contributed by atoms with Gasteiger partial charge in [0.15, 0.2) is 6.10 Å². The maximum Gasteiger partial charge on any atom is 0.414 e. The normalized spacial score (nSPS) is 18.3. The fourth-order valence-electron chi connectivity index (χ4n) is 3.36. The Morgan fingerprint density at radius 3 is 2.35 bits per heavy atom. The van der Waals surface area contributed by atoms with Crippen LogP contribution in [0.4, 0.5) is 13.2 Å². The zero-order valence-corrected chi connectivity index (χ0v) is 13.7. The van der Waals surface area contributed by atoms with Gasteiger partial charge in [0.1, 0.15) is 0 Å². The van der Waals surface area contributed by atoms with E-state index < -0.39 is 18.2 Å². The summed E-state index contributed by atoms with van der Waals surface area (Å²) in [4.78, 5) is 14.2. The smallest absolute Gasteiger partial charge is 0.383 e. The van der Waals surface area contributed by atoms with Gasteiger partial charge in [-0.1, -0.05) is 0 Å². The van der Waals surface area contributed by atoms with Crippen molar-refractivity contribution < 1.29 is 23.1 Å². The van der Waals surface area contributed by atoms with Crippen molar-refractivity contribution >= 4 is 5.91 Å². The average Bonchev–Trinajstić information content (AvgIpc) is 2.79. The van der Waals surface area contributed by atoms with Gasteiger partial charge < -0.3 is 14.6 Å². The molecule has 0 spiro atoms. The van der Waals surface area contributed by atoms with Crippen molar-refractivity contribution in [2.75, 3.05) is 13.1 Å². The summed E-state index contributed by atoms with van der Waals surface area (Å²) in [6.07, 6.45) is -6.56. The lowest BCUT2D eigenvalue weighted by Gasteiger charge is -2.34. The van der Waals surface area contributed by atoms with E-state index in [1.165, 1.54) is 0 Å². The molecule has 0 radical (unpaired) electrons. The van der Waals surface area contributed by atoms with E-state index in [-0.39, 0.29) is 31.8 Å². The number of nitrogens with zero attached hydrogens (tertiary/aromatic N) is 2. The van der Waals surface area contributed by atoms with Crippen molar-refractivity contribution in [2.45, 2.75) is 52.4 Å². The van der Waals surface area contributed by atoms with Crippen molar-refractivity contribution in [1.29, 1.82) is 0 Å². The van der Waals surface area contributed by atoms with Crippen molar-refractivity contribution in [3.8, 4) is 0 Å². The third-order valence-electron chi connectivity index (χ3n) is 4.73. The predicted molar refractivity (Wildman–Crippen MR) is 80.3 cm³/mol. The molecule has 1 aromatic rings. The first-order chi connectivity index (χ1) is 10.7. The Labute approximate surface area is 133 Å². The molecule has 23 heavy (non-hydrogen) atoms. The second-order valence-corrected chi connectivity index (χ2v) is 6.15. The van der Waals surface area contributed by atoms with Crippen molar-refractivity contribution in [3.63, 3.8) is 0 Å². The summed E-state index contributed by atoms with van der Waals surface area (Å²) in [5.74, 6) is -0.972. The third kappa shape index (κ3) is 3.54. The molecule has 0 saturated carbocycles. The molecular formula is C16H23F3N2O2. The Kier molecular flexibility index (Phi) is 5.08. The van der Waals surface area contributed by atoms with Crippen LogP contribution in [0.2, 0.25) is 0 Å². The molecule has 2 rings (SSSR count). The number of piperidine rings is 1. The molecule has 0 aliphatic carbocycles. The lowest BCUT2D eigenvalue weighted by molar-refractivity contribution is -0.222. The number of aliphatic hydroxyl groups is 1. The van der Waals surface area contributed by atoms with E-state index in [0.29, 0.717) is 5.56 Å². The molecule has 7 heteroatoms. The van der Waals surface area contributed by atoms with Gasteiger partial charge in [0.2, 0.25) is 0 Å². The maximum absolute atomic E-state index is 12.6. The van der Waals surface area contributed by atoms with Crippen LogP contribution < -0.4 is 0 Å². The first-order valence-corrected chi connectivity index (χ1v) is 7.87. The molecule has 1 fully saturated rings. The molecule has 1 aromatic heterocycles. The zero-order chi connectivity index (χ0) is 17.4. The van der Waals surface area contributed by atoms with Gasteiger partial charge in [0, 0.05) is 31.0 Å². The van der Waals surface area contributed by atoms with Gasteiger partial charge in [-0.05, 0) is 45.6 Å². The molecule has 2 heterocycles. The Balaban J connectivity index is 2.04. The minimum Gasteiger partial charge on any atom is -0.383 e. The average molecular weight is 332 g/mol. The minimum atomic E-state index is -4.59. The van der Waals surface area contributed by atoms with Crippen molar-refractivity contribution in [1.82, 2.24) is 9.47 Å². The second kappa shape index (κ2) is 6.55. The molecule has 1 unspecified atom stereocenters. The van der Waals surface area contributed by atoms with Crippen molar-refractivity contribution in [3.05, 3.63) is 23.0 Å². The number of hydrogen-bond donors (Lipinski definition) is 1. The first kappa shape index (κ1) is 17.8. The van der Waals surface area contributed by atoms with Crippen LogP contribution in [-0.4, -0.2) is 45.9 Å². The van der Waals surface area contributed by atoms with Crippen LogP contribution in [0.25, 0.3) is 0 Å². The maximum atomic E-state index is 12.6. The molecular weight excluding hydrogens is 309 g/mol. The molecule has 4 nitrogen and oxygen atoms in total. The van der Waals surface area contributed by atoms with E-state index in [9.17, 15) is 23.1 Å². The minimum absolute atomic E-state index is 0.141. The summed E-state index contributed by atoms with van der Waals surface area (Å²) in [6, 6.07) is 1.83. The summed E-state index contributed by atoms with van der Waals surface area (Å²) in [5.41, 5.74) is 2.49. The van der Waals surface area contributed by atoms with Crippen LogP contribution in [-0.2, 0) is 6.54 Å². The highest BCUT2D eigenvalue weighted by Gasteiger charge is 2.44. The van der Waals surface area contributed by atoms with Gasteiger partial charge in [-0.15, -0.1) is 0 Å². The summed E-state index contributed by atoms with van der Waals surface area (Å²) in [5, 5.41) is 9.34. The Bertz CT molecular complexity index is 573. The van der Waals surface area contributed by atoms with Crippen molar-refractivity contribution in [2.24, 2.45) is 5.92 Å². The lowest BCUT2D eigenvalue weighted by atomic mass is 9.90. The molecule has 1 atom stereocenters. The van der Waals surface area contributed by atoms with E-state index in [0.717, 1.165) is 17.9 Å². The molecule has 0 bridgehead atoms. The number of rotatable bonds is 3. The van der Waals surface area contributed by atoms with Gasteiger partial charge in [0.25, 0.3) is 5.91 Å². The number of amides is 1. The van der Waals surface area contributed by atoms with Crippen LogP contribution in [0.3, 0.4) is 0 Å². The number of aliphatic hydroxyl groups excluding tert-OH is 1. The molecule has 1 amide bonds. The molecule has 1 N–H and O–H groups in total. The number of carbonyl (C=O) groups excluding carboxylic acids is 1. The summed E-state index contributed by atoms with van der Waals surface area (Å²) >= 11 is 0. The SMILES string of the molecule is CCn1c(C)cc(C(=O)N2CCC(C(O)C(F)(F)F)CC2)c1C. The molecule has 1 aliphatic heterocycles. The summed E-state index contributed by atoms with van der Waals surface area (Å²) < 4.78 is 39.7. The molecule has 130 valence electrons. The highest BCUT2D eigenvalue weighted by Crippen LogP contribution is 2.32. The summed E-state index contributed by atoms with van der Waals surface area (Å²) in [7, 11) is 0. The molecule has 0 aromatic carbocycles. The van der Waals surface area contributed by atoms with E-state index in [2.05, 4.69) is 0 Å². The standard InChI is InChI=1S/C16H23F3N2O2/c1-4-21-10(2)9-13(11(21)3)15(23)20-7-5-12(6-8-20)14(22)16(17,18)19/h9,12,14,22H,4-8H2,1-3H3. The number of carbonyl (C=O) groups is 1. The number of halogens is 3. The molecule has 1 saturated heterocycles. The fourth-order valence-corrected chi connectivity index (χ4v) is 3.36. The van der Waals surface area contributed by atoms with Gasteiger partial charge >= 0.3 is 6.18 Å². The van der Waals surface area contributed by atoms with Crippen LogP contribution in [0.5, 0.6) is 0 Å². The monoisotopic (exact) mass is 332 g/mol. The first-order valence-electron chi connectivity index (χ1n) is 7.87. The Morgan fingerprint density at radius 2 is 1.91 bits per heavy atom. The van der Waals surface area contributed by atoms with Gasteiger partial charge in [-0.25, -0.2) is 0 Å². The predicted octanol–water partition coefficient (Wildman–Crippen LogP) is 2.90. The van der Waals surface area contributed by atoms with Gasteiger partial charge in [0.05, 0.1) is 5.56 Å². The second-order valence-electron chi connectivity index (χ2n) is 6.15. The van der Waals surface area contributed by atoms with E-state index in [4.69, 9.17) is 0 Å². The number of alkyl halides is 3. The zero-order valence-electron chi connectivity index (χ0n) is 13.7. The lowest BCUT2D eigenvalue weighted by Crippen LogP contribution is -2.45. The Hall–Kier alpha value is -1.50. The number of likely N-dealkylation sites (tertiary alicyclic amines) is 1. The van der Waals surface area contributed by atoms with E-state index in [1.54, 1.807) is 4.90 Å². The van der Waals surface area contributed by atoms with E-state index in [1.807, 2.05) is 31.4 Å². The van der Waals surface area contributed by atoms with Gasteiger partial charge in [-0.2, -0.15) is 13.2 Å². The topological polar surface area (TPSA) is 45.5 Å². The van der Waals surface area contributed by atoms with E-state index >= 15 is 0 Å². The number of aryl methyl sites for hydroxylation is 1. The van der Waals surface area contributed by atoms with Crippen LogP contribution in [0.15, 0.2) is 6.07 Å². The third-order valence-corrected chi connectivity index (χ3v) is 4.73. The highest BCUT2D eigenvalue weighted by molar-refractivity contribution is 5.95. The highest BCUT2D eigenvalue weighted by atomic mass is 19.4.